The largest absolute Gasteiger partial charge is 0.453 e. The fourth-order valence-electron chi connectivity index (χ4n) is 2.50. The van der Waals surface area contributed by atoms with Crippen molar-refractivity contribution >= 4 is 0 Å². The van der Waals surface area contributed by atoms with Gasteiger partial charge in [0, 0.05) is 6.04 Å². The Morgan fingerprint density at radius 1 is 0.720 bits per heavy atom. The molecule has 0 heterocycles. The summed E-state index contributed by atoms with van der Waals surface area (Å²) >= 11 is 0. The molecule has 0 radical (unpaired) electrons. The van der Waals surface area contributed by atoms with Crippen molar-refractivity contribution in [2.45, 2.75) is 12.5 Å². The molecule has 0 fully saturated rings. The van der Waals surface area contributed by atoms with E-state index in [1.807, 2.05) is 78.9 Å². The quantitative estimate of drug-likeness (QED) is 0.661. The molecule has 1 atom stereocenters. The van der Waals surface area contributed by atoms with Crippen LogP contribution in [0, 0.1) is 0 Å². The van der Waals surface area contributed by atoms with Gasteiger partial charge in [0.25, 0.3) is 0 Å². The lowest BCUT2D eigenvalue weighted by molar-refractivity contribution is 0.417. The maximum atomic E-state index is 6.19. The maximum absolute atomic E-state index is 6.19. The lowest BCUT2D eigenvalue weighted by Gasteiger charge is -2.16. The van der Waals surface area contributed by atoms with Crippen LogP contribution in [-0.4, -0.2) is 6.54 Å². The predicted molar refractivity (Wildman–Crippen MR) is 100 cm³/mol. The molecule has 0 spiro atoms. The van der Waals surface area contributed by atoms with E-state index >= 15 is 0 Å². The van der Waals surface area contributed by atoms with Gasteiger partial charge in [-0.05, 0) is 54.9 Å². The number of hydrogen-bond donors (Lipinski definition) is 2. The SMILES string of the molecule is NCC[C@H](N)c1ccc(Oc2ccccc2)c(Oc2ccccc2)c1. The van der Waals surface area contributed by atoms with Crippen LogP contribution in [0.2, 0.25) is 0 Å². The highest BCUT2D eigenvalue weighted by atomic mass is 16.5. The van der Waals surface area contributed by atoms with Gasteiger partial charge in [-0.2, -0.15) is 0 Å². The van der Waals surface area contributed by atoms with Crippen molar-refractivity contribution in [2.75, 3.05) is 6.54 Å². The average molecular weight is 334 g/mol. The van der Waals surface area contributed by atoms with Gasteiger partial charge in [-0.3, -0.25) is 0 Å². The summed E-state index contributed by atoms with van der Waals surface area (Å²) < 4.78 is 12.0. The van der Waals surface area contributed by atoms with Gasteiger partial charge >= 0.3 is 0 Å². The molecule has 0 aliphatic heterocycles. The van der Waals surface area contributed by atoms with E-state index in [0.717, 1.165) is 17.1 Å². The summed E-state index contributed by atoms with van der Waals surface area (Å²) in [5.74, 6) is 2.75. The fraction of sp³-hybridized carbons (Fsp3) is 0.143. The lowest BCUT2D eigenvalue weighted by atomic mass is 10.0. The van der Waals surface area contributed by atoms with Crippen molar-refractivity contribution in [3.05, 3.63) is 84.4 Å². The second-order valence-corrected chi connectivity index (χ2v) is 5.72. The molecule has 0 amide bonds. The van der Waals surface area contributed by atoms with Crippen LogP contribution in [0.15, 0.2) is 78.9 Å². The van der Waals surface area contributed by atoms with Gasteiger partial charge in [-0.25, -0.2) is 0 Å². The van der Waals surface area contributed by atoms with Crippen molar-refractivity contribution in [1.82, 2.24) is 0 Å². The zero-order valence-electron chi connectivity index (χ0n) is 14.0. The fourth-order valence-corrected chi connectivity index (χ4v) is 2.50. The molecule has 128 valence electrons. The Morgan fingerprint density at radius 2 is 1.28 bits per heavy atom. The van der Waals surface area contributed by atoms with E-state index < -0.39 is 0 Å². The van der Waals surface area contributed by atoms with Gasteiger partial charge in [-0.15, -0.1) is 0 Å². The van der Waals surface area contributed by atoms with E-state index in [2.05, 4.69) is 0 Å². The number of rotatable bonds is 7. The number of ether oxygens (including phenoxy) is 2. The second-order valence-electron chi connectivity index (χ2n) is 5.72. The van der Waals surface area contributed by atoms with Gasteiger partial charge < -0.3 is 20.9 Å². The molecule has 0 aliphatic carbocycles. The molecule has 0 saturated carbocycles. The molecule has 0 aromatic heterocycles. The van der Waals surface area contributed by atoms with E-state index in [-0.39, 0.29) is 6.04 Å². The van der Waals surface area contributed by atoms with Crippen LogP contribution in [0.5, 0.6) is 23.0 Å². The second kappa shape index (κ2) is 8.33. The predicted octanol–water partition coefficient (Wildman–Crippen LogP) is 4.62. The van der Waals surface area contributed by atoms with Crippen LogP contribution in [-0.2, 0) is 0 Å². The topological polar surface area (TPSA) is 70.5 Å². The highest BCUT2D eigenvalue weighted by Gasteiger charge is 2.13. The number of benzene rings is 3. The molecule has 0 saturated heterocycles. The maximum Gasteiger partial charge on any atom is 0.170 e. The Morgan fingerprint density at radius 3 is 1.84 bits per heavy atom. The summed E-state index contributed by atoms with van der Waals surface area (Å²) in [7, 11) is 0. The Hall–Kier alpha value is -2.82. The van der Waals surface area contributed by atoms with E-state index in [4.69, 9.17) is 20.9 Å². The summed E-state index contributed by atoms with van der Waals surface area (Å²) in [5, 5.41) is 0. The summed E-state index contributed by atoms with van der Waals surface area (Å²) in [6.45, 7) is 0.540. The Bertz CT molecular complexity index is 792. The van der Waals surface area contributed by atoms with E-state index in [1.165, 1.54) is 0 Å². The van der Waals surface area contributed by atoms with Gasteiger partial charge in [-0.1, -0.05) is 42.5 Å². The molecular weight excluding hydrogens is 312 g/mol. The lowest BCUT2D eigenvalue weighted by Crippen LogP contribution is -2.15. The third-order valence-corrected chi connectivity index (χ3v) is 3.82. The molecule has 0 bridgehead atoms. The Labute approximate surface area is 148 Å². The number of para-hydroxylation sites is 2. The minimum atomic E-state index is -0.131. The first-order chi connectivity index (χ1) is 12.3. The molecule has 3 aromatic carbocycles. The first kappa shape index (κ1) is 17.0. The summed E-state index contributed by atoms with van der Waals surface area (Å²) in [4.78, 5) is 0. The van der Waals surface area contributed by atoms with Gasteiger partial charge in [0.05, 0.1) is 0 Å². The zero-order chi connectivity index (χ0) is 17.5. The van der Waals surface area contributed by atoms with Crippen LogP contribution in [0.3, 0.4) is 0 Å². The van der Waals surface area contributed by atoms with Crippen LogP contribution in [0.1, 0.15) is 18.0 Å². The molecule has 4 heteroatoms. The standard InChI is InChI=1S/C21H22N2O2/c22-14-13-19(23)16-11-12-20(24-17-7-3-1-4-8-17)21(15-16)25-18-9-5-2-6-10-18/h1-12,15,19H,13-14,22-23H2/t19-/m0/s1. The molecule has 4 N–H and O–H groups in total. The summed E-state index contributed by atoms with van der Waals surface area (Å²) in [6, 6.07) is 24.8. The molecule has 3 rings (SSSR count). The van der Waals surface area contributed by atoms with Crippen molar-refractivity contribution < 1.29 is 9.47 Å². The molecule has 3 aromatic rings. The third-order valence-electron chi connectivity index (χ3n) is 3.82. The average Bonchev–Trinajstić information content (AvgIpc) is 2.65. The summed E-state index contributed by atoms with van der Waals surface area (Å²) in [6.07, 6.45) is 0.712. The first-order valence-electron chi connectivity index (χ1n) is 8.31. The van der Waals surface area contributed by atoms with Crippen LogP contribution in [0.4, 0.5) is 0 Å². The zero-order valence-corrected chi connectivity index (χ0v) is 14.0. The van der Waals surface area contributed by atoms with Crippen molar-refractivity contribution in [3.63, 3.8) is 0 Å². The van der Waals surface area contributed by atoms with Crippen LogP contribution < -0.4 is 20.9 Å². The van der Waals surface area contributed by atoms with Crippen molar-refractivity contribution in [3.8, 4) is 23.0 Å². The van der Waals surface area contributed by atoms with Gasteiger partial charge in [0.15, 0.2) is 11.5 Å². The van der Waals surface area contributed by atoms with E-state index in [1.54, 1.807) is 0 Å². The number of nitrogens with two attached hydrogens (primary N) is 2. The first-order valence-corrected chi connectivity index (χ1v) is 8.31. The number of hydrogen-bond acceptors (Lipinski definition) is 4. The Balaban J connectivity index is 1.92. The monoisotopic (exact) mass is 334 g/mol. The van der Waals surface area contributed by atoms with Crippen molar-refractivity contribution in [2.24, 2.45) is 11.5 Å². The molecule has 0 unspecified atom stereocenters. The van der Waals surface area contributed by atoms with Crippen LogP contribution in [0.25, 0.3) is 0 Å². The molecule has 0 aliphatic rings. The minimum absolute atomic E-state index is 0.131. The van der Waals surface area contributed by atoms with E-state index in [0.29, 0.717) is 24.5 Å². The highest BCUT2D eigenvalue weighted by Crippen LogP contribution is 2.36. The minimum Gasteiger partial charge on any atom is -0.453 e. The summed E-state index contributed by atoms with van der Waals surface area (Å²) in [5.41, 5.74) is 12.8. The van der Waals surface area contributed by atoms with Crippen molar-refractivity contribution in [1.29, 1.82) is 0 Å². The Kier molecular flexibility index (Phi) is 5.67. The highest BCUT2D eigenvalue weighted by molar-refractivity contribution is 5.48. The third kappa shape index (κ3) is 4.59. The smallest absolute Gasteiger partial charge is 0.170 e. The van der Waals surface area contributed by atoms with Gasteiger partial charge in [0.2, 0.25) is 0 Å². The molecule has 25 heavy (non-hydrogen) atoms. The van der Waals surface area contributed by atoms with Crippen LogP contribution >= 0.6 is 0 Å². The van der Waals surface area contributed by atoms with E-state index in [9.17, 15) is 0 Å². The molecule has 4 nitrogen and oxygen atoms in total. The molecular formula is C21H22N2O2. The van der Waals surface area contributed by atoms with Gasteiger partial charge in [0.1, 0.15) is 11.5 Å². The normalized spacial score (nSPS) is 11.8.